The van der Waals surface area contributed by atoms with Gasteiger partial charge in [-0.15, -0.1) is 0 Å². The van der Waals surface area contributed by atoms with Gasteiger partial charge in [0.05, 0.1) is 11.7 Å². The lowest BCUT2D eigenvalue weighted by Gasteiger charge is -2.14. The summed E-state index contributed by atoms with van der Waals surface area (Å²) in [4.78, 5) is 4.21. The third-order valence-electron chi connectivity index (χ3n) is 3.27. The first kappa shape index (κ1) is 10.3. The van der Waals surface area contributed by atoms with E-state index in [0.29, 0.717) is 0 Å². The maximum absolute atomic E-state index is 6.14. The van der Waals surface area contributed by atoms with E-state index in [9.17, 15) is 0 Å². The zero-order valence-corrected chi connectivity index (χ0v) is 9.80. The Balaban J connectivity index is 2.42. The van der Waals surface area contributed by atoms with Crippen molar-refractivity contribution in [3.63, 3.8) is 0 Å². The number of nitrogens with zero attached hydrogens (tertiary/aromatic N) is 2. The van der Waals surface area contributed by atoms with E-state index in [0.717, 1.165) is 6.42 Å². The van der Waals surface area contributed by atoms with Gasteiger partial charge in [0, 0.05) is 29.4 Å². The van der Waals surface area contributed by atoms with Crippen LogP contribution in [0.1, 0.15) is 19.5 Å². The molecule has 0 radical (unpaired) electrons. The highest BCUT2D eigenvalue weighted by atomic mass is 15.1. The third kappa shape index (κ3) is 1.51. The summed E-state index contributed by atoms with van der Waals surface area (Å²) in [6.45, 7) is 2.10. The Labute approximate surface area is 99.9 Å². The average Bonchev–Trinajstić information content (AvgIpc) is 2.82. The standard InChI is InChI=1S/C14H15N3/c1-2-13(15)17-8-6-11-4-3-10-5-7-16-9-12(10)14(11)17/h3-9,13H,2,15H2,1H3. The molecule has 2 aromatic heterocycles. The molecule has 0 bridgehead atoms. The number of hydrogen-bond acceptors (Lipinski definition) is 2. The zero-order chi connectivity index (χ0) is 11.8. The molecule has 17 heavy (non-hydrogen) atoms. The van der Waals surface area contributed by atoms with Gasteiger partial charge in [0.15, 0.2) is 0 Å². The van der Waals surface area contributed by atoms with Gasteiger partial charge < -0.3 is 10.3 Å². The van der Waals surface area contributed by atoms with Crippen molar-refractivity contribution in [2.75, 3.05) is 0 Å². The van der Waals surface area contributed by atoms with Crippen LogP contribution in [0.25, 0.3) is 21.7 Å². The first-order valence-corrected chi connectivity index (χ1v) is 5.90. The molecule has 0 aliphatic rings. The molecule has 1 aromatic carbocycles. The van der Waals surface area contributed by atoms with E-state index < -0.39 is 0 Å². The van der Waals surface area contributed by atoms with Gasteiger partial charge in [0.25, 0.3) is 0 Å². The number of pyridine rings is 1. The molecular weight excluding hydrogens is 210 g/mol. The van der Waals surface area contributed by atoms with E-state index in [1.165, 1.54) is 21.7 Å². The van der Waals surface area contributed by atoms with Crippen molar-refractivity contribution in [1.82, 2.24) is 9.55 Å². The van der Waals surface area contributed by atoms with Crippen LogP contribution in [-0.2, 0) is 0 Å². The van der Waals surface area contributed by atoms with E-state index in [-0.39, 0.29) is 6.17 Å². The molecular formula is C14H15N3. The molecule has 0 aliphatic carbocycles. The topological polar surface area (TPSA) is 43.8 Å². The smallest absolute Gasteiger partial charge is 0.0812 e. The lowest BCUT2D eigenvalue weighted by atomic mass is 10.1. The highest BCUT2D eigenvalue weighted by Crippen LogP contribution is 2.27. The maximum atomic E-state index is 6.14. The first-order valence-electron chi connectivity index (χ1n) is 5.90. The Kier molecular flexibility index (Phi) is 2.34. The summed E-state index contributed by atoms with van der Waals surface area (Å²) in [5.74, 6) is 0. The molecule has 0 amide bonds. The Hall–Kier alpha value is -1.87. The predicted molar refractivity (Wildman–Crippen MR) is 70.8 cm³/mol. The normalized spacial score (nSPS) is 13.3. The number of aromatic nitrogens is 2. The Bertz CT molecular complexity index is 669. The molecule has 0 fully saturated rings. The van der Waals surface area contributed by atoms with Crippen LogP contribution >= 0.6 is 0 Å². The molecule has 0 saturated heterocycles. The predicted octanol–water partition coefficient (Wildman–Crippen LogP) is 3.06. The minimum atomic E-state index is 0.0262. The molecule has 86 valence electrons. The summed E-state index contributed by atoms with van der Waals surface area (Å²) in [5.41, 5.74) is 7.32. The van der Waals surface area contributed by atoms with E-state index in [2.05, 4.69) is 40.9 Å². The molecule has 1 atom stereocenters. The van der Waals surface area contributed by atoms with Crippen LogP contribution in [0.5, 0.6) is 0 Å². The molecule has 0 saturated carbocycles. The number of nitrogens with two attached hydrogens (primary N) is 1. The van der Waals surface area contributed by atoms with Crippen LogP contribution < -0.4 is 5.73 Å². The van der Waals surface area contributed by atoms with Crippen molar-refractivity contribution in [2.45, 2.75) is 19.5 Å². The first-order chi connectivity index (χ1) is 8.31. The number of fused-ring (bicyclic) bond motifs is 3. The molecule has 3 heteroatoms. The monoisotopic (exact) mass is 225 g/mol. The van der Waals surface area contributed by atoms with E-state index in [1.807, 2.05) is 18.5 Å². The fraction of sp³-hybridized carbons (Fsp3) is 0.214. The van der Waals surface area contributed by atoms with Gasteiger partial charge in [0.2, 0.25) is 0 Å². The molecule has 1 unspecified atom stereocenters. The highest BCUT2D eigenvalue weighted by Gasteiger charge is 2.09. The molecule has 3 aromatic rings. The van der Waals surface area contributed by atoms with Crippen LogP contribution in [0.3, 0.4) is 0 Å². The van der Waals surface area contributed by atoms with Crippen LogP contribution in [0.15, 0.2) is 42.9 Å². The molecule has 0 aliphatic heterocycles. The summed E-state index contributed by atoms with van der Waals surface area (Å²) >= 11 is 0. The Morgan fingerprint density at radius 2 is 2.06 bits per heavy atom. The van der Waals surface area contributed by atoms with Gasteiger partial charge in [-0.1, -0.05) is 19.1 Å². The van der Waals surface area contributed by atoms with Gasteiger partial charge in [-0.2, -0.15) is 0 Å². The van der Waals surface area contributed by atoms with E-state index in [4.69, 9.17) is 5.73 Å². The Morgan fingerprint density at radius 1 is 1.24 bits per heavy atom. The van der Waals surface area contributed by atoms with Gasteiger partial charge in [0.1, 0.15) is 0 Å². The minimum absolute atomic E-state index is 0.0262. The zero-order valence-electron chi connectivity index (χ0n) is 9.80. The fourth-order valence-corrected chi connectivity index (χ4v) is 2.29. The van der Waals surface area contributed by atoms with Crippen molar-refractivity contribution in [2.24, 2.45) is 5.73 Å². The van der Waals surface area contributed by atoms with Crippen molar-refractivity contribution in [1.29, 1.82) is 0 Å². The third-order valence-corrected chi connectivity index (χ3v) is 3.27. The molecule has 0 spiro atoms. The van der Waals surface area contributed by atoms with Crippen LogP contribution in [-0.4, -0.2) is 9.55 Å². The van der Waals surface area contributed by atoms with Gasteiger partial charge in [-0.3, -0.25) is 4.98 Å². The number of rotatable bonds is 2. The molecule has 3 rings (SSSR count). The van der Waals surface area contributed by atoms with Gasteiger partial charge in [-0.25, -0.2) is 0 Å². The largest absolute Gasteiger partial charge is 0.331 e. The summed E-state index contributed by atoms with van der Waals surface area (Å²) in [6, 6.07) is 8.40. The lowest BCUT2D eigenvalue weighted by molar-refractivity contribution is 0.522. The maximum Gasteiger partial charge on any atom is 0.0812 e. The number of benzene rings is 1. The van der Waals surface area contributed by atoms with E-state index in [1.54, 1.807) is 0 Å². The van der Waals surface area contributed by atoms with E-state index >= 15 is 0 Å². The highest BCUT2D eigenvalue weighted by molar-refractivity contribution is 6.05. The van der Waals surface area contributed by atoms with Crippen LogP contribution in [0.4, 0.5) is 0 Å². The average molecular weight is 225 g/mol. The number of hydrogen-bond donors (Lipinski definition) is 1. The molecule has 2 heterocycles. The van der Waals surface area contributed by atoms with Crippen molar-refractivity contribution in [3.8, 4) is 0 Å². The SMILES string of the molecule is CCC(N)n1ccc2ccc3ccncc3c21. The summed E-state index contributed by atoms with van der Waals surface area (Å²) < 4.78 is 2.14. The minimum Gasteiger partial charge on any atom is -0.331 e. The lowest BCUT2D eigenvalue weighted by Crippen LogP contribution is -2.16. The van der Waals surface area contributed by atoms with Crippen molar-refractivity contribution in [3.05, 3.63) is 42.9 Å². The quantitative estimate of drug-likeness (QED) is 0.728. The van der Waals surface area contributed by atoms with Crippen molar-refractivity contribution < 1.29 is 0 Å². The molecule has 3 nitrogen and oxygen atoms in total. The van der Waals surface area contributed by atoms with Gasteiger partial charge in [-0.05, 0) is 23.9 Å². The fourth-order valence-electron chi connectivity index (χ4n) is 2.29. The molecule has 2 N–H and O–H groups in total. The second-order valence-electron chi connectivity index (χ2n) is 4.30. The summed E-state index contributed by atoms with van der Waals surface area (Å²) in [5, 5.41) is 3.59. The van der Waals surface area contributed by atoms with Crippen molar-refractivity contribution >= 4 is 21.7 Å². The summed E-state index contributed by atoms with van der Waals surface area (Å²) in [7, 11) is 0. The second kappa shape index (κ2) is 3.86. The van der Waals surface area contributed by atoms with Crippen LogP contribution in [0.2, 0.25) is 0 Å². The Morgan fingerprint density at radius 3 is 2.88 bits per heavy atom. The second-order valence-corrected chi connectivity index (χ2v) is 4.30. The van der Waals surface area contributed by atoms with Gasteiger partial charge >= 0.3 is 0 Å². The summed E-state index contributed by atoms with van der Waals surface area (Å²) in [6.07, 6.45) is 6.74. The van der Waals surface area contributed by atoms with Crippen LogP contribution in [0, 0.1) is 0 Å².